The van der Waals surface area contributed by atoms with Gasteiger partial charge in [-0.15, -0.1) is 0 Å². The first kappa shape index (κ1) is 11.1. The van der Waals surface area contributed by atoms with Gasteiger partial charge in [-0.1, -0.05) is 34.6 Å². The minimum absolute atomic E-state index is 0.886. The molecule has 0 aliphatic heterocycles. The van der Waals surface area contributed by atoms with Crippen molar-refractivity contribution in [2.24, 2.45) is 29.6 Å². The van der Waals surface area contributed by atoms with Crippen molar-refractivity contribution in [2.75, 3.05) is 0 Å². The molecule has 78 valence electrons. The van der Waals surface area contributed by atoms with E-state index >= 15 is 0 Å². The summed E-state index contributed by atoms with van der Waals surface area (Å²) in [6.45, 7) is 11.9. The van der Waals surface area contributed by atoms with E-state index in [9.17, 15) is 0 Å². The van der Waals surface area contributed by atoms with Crippen LogP contribution in [-0.4, -0.2) is 0 Å². The van der Waals surface area contributed by atoms with E-state index in [1.165, 1.54) is 19.3 Å². The molecule has 13 heavy (non-hydrogen) atoms. The van der Waals surface area contributed by atoms with Crippen LogP contribution in [0.3, 0.4) is 0 Å². The highest BCUT2D eigenvalue weighted by atomic mass is 14.4. The second kappa shape index (κ2) is 4.48. The molecule has 0 radical (unpaired) electrons. The maximum absolute atomic E-state index is 2.43. The van der Waals surface area contributed by atoms with Crippen LogP contribution in [0.5, 0.6) is 0 Å². The van der Waals surface area contributed by atoms with Crippen LogP contribution in [0, 0.1) is 29.6 Å². The maximum Gasteiger partial charge on any atom is -0.0360 e. The van der Waals surface area contributed by atoms with E-state index in [-0.39, 0.29) is 0 Å². The molecule has 0 aromatic heterocycles. The van der Waals surface area contributed by atoms with Gasteiger partial charge in [0.05, 0.1) is 0 Å². The lowest BCUT2D eigenvalue weighted by atomic mass is 9.82. The van der Waals surface area contributed by atoms with Crippen LogP contribution in [0.4, 0.5) is 0 Å². The van der Waals surface area contributed by atoms with Crippen molar-refractivity contribution in [2.45, 2.75) is 53.9 Å². The molecular formula is C13H26. The standard InChI is InChI=1S/C13H26/c1-9(2)6-12-7-11(5)8-13(12)10(3)4/h9-13H,6-8H2,1-5H3. The van der Waals surface area contributed by atoms with Crippen molar-refractivity contribution in [3.63, 3.8) is 0 Å². The van der Waals surface area contributed by atoms with Crippen LogP contribution in [0.1, 0.15) is 53.9 Å². The average Bonchev–Trinajstić information content (AvgIpc) is 2.29. The summed E-state index contributed by atoms with van der Waals surface area (Å²) in [4.78, 5) is 0. The van der Waals surface area contributed by atoms with Crippen molar-refractivity contribution in [3.8, 4) is 0 Å². The fourth-order valence-electron chi connectivity index (χ4n) is 3.14. The van der Waals surface area contributed by atoms with Gasteiger partial charge in [-0.25, -0.2) is 0 Å². The van der Waals surface area contributed by atoms with Gasteiger partial charge < -0.3 is 0 Å². The zero-order valence-electron chi connectivity index (χ0n) is 10.0. The zero-order valence-corrected chi connectivity index (χ0v) is 10.0. The molecule has 1 aliphatic carbocycles. The van der Waals surface area contributed by atoms with Crippen molar-refractivity contribution in [1.29, 1.82) is 0 Å². The Morgan fingerprint density at radius 2 is 1.69 bits per heavy atom. The summed E-state index contributed by atoms with van der Waals surface area (Å²) < 4.78 is 0. The molecule has 0 aromatic carbocycles. The van der Waals surface area contributed by atoms with E-state index in [4.69, 9.17) is 0 Å². The van der Waals surface area contributed by atoms with Gasteiger partial charge >= 0.3 is 0 Å². The topological polar surface area (TPSA) is 0 Å². The van der Waals surface area contributed by atoms with Gasteiger partial charge in [0.15, 0.2) is 0 Å². The highest BCUT2D eigenvalue weighted by Gasteiger charge is 2.33. The predicted molar refractivity (Wildman–Crippen MR) is 59.7 cm³/mol. The summed E-state index contributed by atoms with van der Waals surface area (Å²) in [5, 5.41) is 0. The molecule has 0 heteroatoms. The molecule has 0 aromatic rings. The summed E-state index contributed by atoms with van der Waals surface area (Å²) in [6.07, 6.45) is 4.42. The second-order valence-corrected chi connectivity index (χ2v) is 5.87. The largest absolute Gasteiger partial charge is 0.0628 e. The maximum atomic E-state index is 2.43. The van der Waals surface area contributed by atoms with Gasteiger partial charge in [-0.05, 0) is 48.9 Å². The minimum Gasteiger partial charge on any atom is -0.0628 e. The zero-order chi connectivity index (χ0) is 10.0. The molecule has 3 atom stereocenters. The molecule has 0 amide bonds. The monoisotopic (exact) mass is 182 g/mol. The van der Waals surface area contributed by atoms with Gasteiger partial charge in [0.25, 0.3) is 0 Å². The van der Waals surface area contributed by atoms with E-state index < -0.39 is 0 Å². The second-order valence-electron chi connectivity index (χ2n) is 5.87. The highest BCUT2D eigenvalue weighted by Crippen LogP contribution is 2.43. The Hall–Kier alpha value is 0. The van der Waals surface area contributed by atoms with Gasteiger partial charge in [-0.3, -0.25) is 0 Å². The van der Waals surface area contributed by atoms with Crippen LogP contribution in [0.15, 0.2) is 0 Å². The number of hydrogen-bond donors (Lipinski definition) is 0. The normalized spacial score (nSPS) is 34.8. The Balaban J connectivity index is 2.50. The quantitative estimate of drug-likeness (QED) is 0.608. The lowest BCUT2D eigenvalue weighted by molar-refractivity contribution is 0.258. The van der Waals surface area contributed by atoms with Crippen molar-refractivity contribution < 1.29 is 0 Å². The lowest BCUT2D eigenvalue weighted by Gasteiger charge is -2.24. The van der Waals surface area contributed by atoms with Gasteiger partial charge in [0.2, 0.25) is 0 Å². The number of rotatable bonds is 3. The third-order valence-corrected chi connectivity index (χ3v) is 3.62. The van der Waals surface area contributed by atoms with E-state index in [1.807, 2.05) is 0 Å². The molecule has 0 spiro atoms. The minimum atomic E-state index is 0.886. The molecule has 1 aliphatic rings. The molecule has 3 unspecified atom stereocenters. The molecule has 0 N–H and O–H groups in total. The Labute approximate surface area is 84.1 Å². The van der Waals surface area contributed by atoms with Gasteiger partial charge in [0.1, 0.15) is 0 Å². The third kappa shape index (κ3) is 3.00. The highest BCUT2D eigenvalue weighted by molar-refractivity contribution is 4.83. The molecule has 0 nitrogen and oxygen atoms in total. The molecule has 0 saturated heterocycles. The SMILES string of the molecule is CC(C)CC1CC(C)CC1C(C)C. The van der Waals surface area contributed by atoms with E-state index in [0.717, 1.165) is 29.6 Å². The molecule has 0 heterocycles. The Bertz CT molecular complexity index is 146. The summed E-state index contributed by atoms with van der Waals surface area (Å²) in [7, 11) is 0. The summed E-state index contributed by atoms with van der Waals surface area (Å²) >= 11 is 0. The first-order valence-electron chi connectivity index (χ1n) is 6.00. The third-order valence-electron chi connectivity index (χ3n) is 3.62. The Morgan fingerprint density at radius 1 is 1.08 bits per heavy atom. The number of hydrogen-bond acceptors (Lipinski definition) is 0. The van der Waals surface area contributed by atoms with Crippen molar-refractivity contribution in [3.05, 3.63) is 0 Å². The van der Waals surface area contributed by atoms with Crippen LogP contribution in [0.25, 0.3) is 0 Å². The molecule has 0 bridgehead atoms. The fraction of sp³-hybridized carbons (Fsp3) is 1.00. The summed E-state index contributed by atoms with van der Waals surface area (Å²) in [5.74, 6) is 4.80. The van der Waals surface area contributed by atoms with Crippen LogP contribution >= 0.6 is 0 Å². The fourth-order valence-corrected chi connectivity index (χ4v) is 3.14. The predicted octanol–water partition coefficient (Wildman–Crippen LogP) is 4.35. The van der Waals surface area contributed by atoms with Crippen LogP contribution in [0.2, 0.25) is 0 Å². The van der Waals surface area contributed by atoms with Crippen LogP contribution < -0.4 is 0 Å². The Kier molecular flexibility index (Phi) is 3.82. The van der Waals surface area contributed by atoms with Crippen molar-refractivity contribution in [1.82, 2.24) is 0 Å². The Morgan fingerprint density at radius 3 is 2.15 bits per heavy atom. The molecule has 1 rings (SSSR count). The molecular weight excluding hydrogens is 156 g/mol. The lowest BCUT2D eigenvalue weighted by Crippen LogP contribution is -2.15. The van der Waals surface area contributed by atoms with Gasteiger partial charge in [-0.2, -0.15) is 0 Å². The van der Waals surface area contributed by atoms with Crippen LogP contribution in [-0.2, 0) is 0 Å². The molecule has 1 fully saturated rings. The summed E-state index contributed by atoms with van der Waals surface area (Å²) in [5.41, 5.74) is 0. The summed E-state index contributed by atoms with van der Waals surface area (Å²) in [6, 6.07) is 0. The first-order chi connectivity index (χ1) is 6.00. The first-order valence-corrected chi connectivity index (χ1v) is 6.00. The van der Waals surface area contributed by atoms with E-state index in [1.54, 1.807) is 0 Å². The van der Waals surface area contributed by atoms with E-state index in [0.29, 0.717) is 0 Å². The van der Waals surface area contributed by atoms with E-state index in [2.05, 4.69) is 34.6 Å². The molecule has 1 saturated carbocycles. The average molecular weight is 182 g/mol. The smallest absolute Gasteiger partial charge is 0.0360 e. The van der Waals surface area contributed by atoms with Crippen molar-refractivity contribution >= 4 is 0 Å². The van der Waals surface area contributed by atoms with Gasteiger partial charge in [0, 0.05) is 0 Å².